The predicted molar refractivity (Wildman–Crippen MR) is 75.4 cm³/mol. The first-order chi connectivity index (χ1) is 9.07. The van der Waals surface area contributed by atoms with Gasteiger partial charge in [-0.25, -0.2) is 8.78 Å². The Labute approximate surface area is 123 Å². The largest absolute Gasteiger partial charge is 0.351 e. The second-order valence-corrected chi connectivity index (χ2v) is 5.11. The molecule has 20 heavy (non-hydrogen) atoms. The smallest absolute Gasteiger partial charge is 0.227 e. The van der Waals surface area contributed by atoms with Crippen LogP contribution in [0.4, 0.5) is 8.78 Å². The molecule has 1 aliphatic rings. The van der Waals surface area contributed by atoms with Gasteiger partial charge < -0.3 is 11.1 Å². The topological polar surface area (TPSA) is 55.1 Å². The maximum absolute atomic E-state index is 13.4. The lowest BCUT2D eigenvalue weighted by Crippen LogP contribution is -2.43. The summed E-state index contributed by atoms with van der Waals surface area (Å²) in [5.74, 6) is -1.19. The van der Waals surface area contributed by atoms with Crippen molar-refractivity contribution < 1.29 is 13.6 Å². The van der Waals surface area contributed by atoms with Crippen LogP contribution in [0.2, 0.25) is 0 Å². The van der Waals surface area contributed by atoms with Crippen LogP contribution in [0.1, 0.15) is 31.2 Å². The molecule has 0 unspecified atom stereocenters. The van der Waals surface area contributed by atoms with Gasteiger partial charge in [0.1, 0.15) is 11.6 Å². The van der Waals surface area contributed by atoms with E-state index >= 15 is 0 Å². The zero-order valence-corrected chi connectivity index (χ0v) is 11.9. The minimum Gasteiger partial charge on any atom is -0.351 e. The quantitative estimate of drug-likeness (QED) is 0.898. The second kappa shape index (κ2) is 6.99. The molecule has 0 spiro atoms. The molecular weight excluding hydrogens is 286 g/mol. The minimum absolute atomic E-state index is 0. The molecule has 1 saturated carbocycles. The molecule has 0 radical (unpaired) electrons. The summed E-state index contributed by atoms with van der Waals surface area (Å²) in [6.07, 6.45) is 3.50. The molecule has 0 saturated heterocycles. The van der Waals surface area contributed by atoms with Gasteiger partial charge in [-0.05, 0) is 31.0 Å². The van der Waals surface area contributed by atoms with E-state index in [1.54, 1.807) is 0 Å². The van der Waals surface area contributed by atoms with Crippen molar-refractivity contribution in [1.82, 2.24) is 5.32 Å². The lowest BCUT2D eigenvalue weighted by atomic mass is 9.85. The molecule has 6 heteroatoms. The van der Waals surface area contributed by atoms with Gasteiger partial charge in [-0.15, -0.1) is 12.4 Å². The van der Waals surface area contributed by atoms with Crippen molar-refractivity contribution in [3.8, 4) is 0 Å². The number of benzene rings is 1. The van der Waals surface area contributed by atoms with Gasteiger partial charge in [-0.3, -0.25) is 4.79 Å². The Morgan fingerprint density at radius 1 is 1.30 bits per heavy atom. The van der Waals surface area contributed by atoms with Crippen molar-refractivity contribution in [2.45, 2.75) is 32.2 Å². The fourth-order valence-corrected chi connectivity index (χ4v) is 2.62. The lowest BCUT2D eigenvalue weighted by molar-refractivity contribution is -0.130. The van der Waals surface area contributed by atoms with E-state index in [1.807, 2.05) is 0 Å². The van der Waals surface area contributed by atoms with Crippen LogP contribution in [0.15, 0.2) is 18.2 Å². The van der Waals surface area contributed by atoms with E-state index in [0.717, 1.165) is 43.9 Å². The molecule has 1 aliphatic carbocycles. The molecule has 0 aliphatic heterocycles. The Morgan fingerprint density at radius 2 is 1.95 bits per heavy atom. The molecule has 1 fully saturated rings. The van der Waals surface area contributed by atoms with Gasteiger partial charge in [0.15, 0.2) is 0 Å². The van der Waals surface area contributed by atoms with Crippen molar-refractivity contribution in [3.63, 3.8) is 0 Å². The van der Waals surface area contributed by atoms with E-state index < -0.39 is 17.0 Å². The molecule has 0 bridgehead atoms. The molecule has 3 nitrogen and oxygen atoms in total. The minimum atomic E-state index is -0.524. The highest BCUT2D eigenvalue weighted by Gasteiger charge is 2.39. The fourth-order valence-electron chi connectivity index (χ4n) is 2.62. The third-order valence-electron chi connectivity index (χ3n) is 3.88. The Kier molecular flexibility index (Phi) is 5.89. The Balaban J connectivity index is 0.00000200. The molecule has 1 amide bonds. The highest BCUT2D eigenvalue weighted by Crippen LogP contribution is 2.37. The van der Waals surface area contributed by atoms with Crippen molar-refractivity contribution in [1.29, 1.82) is 0 Å². The molecule has 0 heterocycles. The molecule has 1 aromatic rings. The van der Waals surface area contributed by atoms with Crippen LogP contribution in [-0.4, -0.2) is 12.5 Å². The highest BCUT2D eigenvalue weighted by molar-refractivity contribution is 5.85. The van der Waals surface area contributed by atoms with Gasteiger partial charge in [0, 0.05) is 18.7 Å². The normalized spacial score (nSPS) is 16.6. The number of hydrogen-bond donors (Lipinski definition) is 2. The summed E-state index contributed by atoms with van der Waals surface area (Å²) in [4.78, 5) is 12.2. The average molecular weight is 305 g/mol. The van der Waals surface area contributed by atoms with Crippen LogP contribution in [0.3, 0.4) is 0 Å². The molecule has 0 aromatic heterocycles. The number of halogens is 3. The van der Waals surface area contributed by atoms with Crippen LogP contribution in [0.5, 0.6) is 0 Å². The predicted octanol–water partition coefficient (Wildman–Crippen LogP) is 2.52. The summed E-state index contributed by atoms with van der Waals surface area (Å²) in [6, 6.07) is 3.21. The highest BCUT2D eigenvalue weighted by atomic mass is 35.5. The zero-order chi connectivity index (χ0) is 13.9. The Morgan fingerprint density at radius 3 is 2.55 bits per heavy atom. The molecule has 1 aromatic carbocycles. The Hall–Kier alpha value is -1.20. The van der Waals surface area contributed by atoms with Gasteiger partial charge in [0.25, 0.3) is 0 Å². The van der Waals surface area contributed by atoms with E-state index in [2.05, 4.69) is 5.32 Å². The maximum atomic E-state index is 13.4. The molecule has 112 valence electrons. The molecule has 3 N–H and O–H groups in total. The van der Waals surface area contributed by atoms with Crippen molar-refractivity contribution in [2.24, 2.45) is 11.1 Å². The summed E-state index contributed by atoms with van der Waals surface area (Å²) in [5.41, 5.74) is 5.33. The summed E-state index contributed by atoms with van der Waals surface area (Å²) in [5, 5.41) is 2.68. The summed E-state index contributed by atoms with van der Waals surface area (Å²) < 4.78 is 26.4. The average Bonchev–Trinajstić information content (AvgIpc) is 2.89. The number of hydrogen-bond acceptors (Lipinski definition) is 2. The number of nitrogens with one attached hydrogen (secondary N) is 1. The second-order valence-electron chi connectivity index (χ2n) is 5.11. The molecule has 2 rings (SSSR count). The standard InChI is InChI=1S/C14H18F2N2O.ClH/c15-11-3-4-12(16)10(7-11)8-18-13(19)14(9-17)5-1-2-6-14;/h3-4,7H,1-2,5-6,8-9,17H2,(H,18,19);1H. The van der Waals surface area contributed by atoms with Gasteiger partial charge in [-0.2, -0.15) is 0 Å². The van der Waals surface area contributed by atoms with E-state index in [9.17, 15) is 13.6 Å². The van der Waals surface area contributed by atoms with Gasteiger partial charge in [0.05, 0.1) is 5.41 Å². The van der Waals surface area contributed by atoms with Gasteiger partial charge >= 0.3 is 0 Å². The van der Waals surface area contributed by atoms with Crippen LogP contribution in [0.25, 0.3) is 0 Å². The summed E-state index contributed by atoms with van der Waals surface area (Å²) >= 11 is 0. The van der Waals surface area contributed by atoms with Gasteiger partial charge in [-0.1, -0.05) is 12.8 Å². The molecular formula is C14H19ClF2N2O. The Bertz CT molecular complexity index is 476. The third-order valence-corrected chi connectivity index (χ3v) is 3.88. The van der Waals surface area contributed by atoms with E-state index in [-0.39, 0.29) is 30.4 Å². The monoisotopic (exact) mass is 304 g/mol. The first-order valence-corrected chi connectivity index (χ1v) is 6.50. The zero-order valence-electron chi connectivity index (χ0n) is 11.1. The SMILES string of the molecule is Cl.NCC1(C(=O)NCc2cc(F)ccc2F)CCCC1. The van der Waals surface area contributed by atoms with Gasteiger partial charge in [0.2, 0.25) is 5.91 Å². The van der Waals surface area contributed by atoms with Crippen LogP contribution < -0.4 is 11.1 Å². The van der Waals surface area contributed by atoms with Crippen molar-refractivity contribution in [3.05, 3.63) is 35.4 Å². The summed E-state index contributed by atoms with van der Waals surface area (Å²) in [6.45, 7) is 0.286. The third kappa shape index (κ3) is 3.46. The maximum Gasteiger partial charge on any atom is 0.227 e. The van der Waals surface area contributed by atoms with Crippen LogP contribution in [-0.2, 0) is 11.3 Å². The first kappa shape index (κ1) is 16.9. The summed E-state index contributed by atoms with van der Waals surface area (Å²) in [7, 11) is 0. The number of carbonyl (C=O) groups excluding carboxylic acids is 1. The van der Waals surface area contributed by atoms with E-state index in [1.165, 1.54) is 0 Å². The number of carbonyl (C=O) groups is 1. The number of rotatable bonds is 4. The lowest BCUT2D eigenvalue weighted by Gasteiger charge is -2.25. The van der Waals surface area contributed by atoms with E-state index in [0.29, 0.717) is 6.54 Å². The van der Waals surface area contributed by atoms with Crippen molar-refractivity contribution in [2.75, 3.05) is 6.54 Å². The van der Waals surface area contributed by atoms with Crippen LogP contribution >= 0.6 is 12.4 Å². The van der Waals surface area contributed by atoms with Crippen LogP contribution in [0, 0.1) is 17.0 Å². The molecule has 0 atom stereocenters. The first-order valence-electron chi connectivity index (χ1n) is 6.50. The fraction of sp³-hybridized carbons (Fsp3) is 0.500. The number of amides is 1. The van der Waals surface area contributed by atoms with Crippen molar-refractivity contribution >= 4 is 18.3 Å². The number of nitrogens with two attached hydrogens (primary N) is 1. The van der Waals surface area contributed by atoms with E-state index in [4.69, 9.17) is 5.73 Å².